The van der Waals surface area contributed by atoms with Crippen molar-refractivity contribution in [2.24, 2.45) is 0 Å². The zero-order chi connectivity index (χ0) is 24.6. The Morgan fingerprint density at radius 3 is 2.15 bits per heavy atom. The van der Waals surface area contributed by atoms with Crippen LogP contribution < -0.4 is 9.62 Å². The summed E-state index contributed by atoms with van der Waals surface area (Å²) in [6, 6.07) is 14.7. The molecular formula is C23H31ClN4O4S. The Morgan fingerprint density at radius 1 is 1.00 bits per heavy atom. The maximum absolute atomic E-state index is 13.6. The predicted octanol–water partition coefficient (Wildman–Crippen LogP) is 2.90. The fourth-order valence-electron chi connectivity index (χ4n) is 3.33. The lowest BCUT2D eigenvalue weighted by molar-refractivity contribution is -0.140. The molecule has 2 aromatic rings. The third kappa shape index (κ3) is 6.69. The predicted molar refractivity (Wildman–Crippen MR) is 131 cm³/mol. The van der Waals surface area contributed by atoms with Gasteiger partial charge in [-0.25, -0.2) is 4.31 Å². The van der Waals surface area contributed by atoms with Gasteiger partial charge in [0.1, 0.15) is 12.6 Å². The molecule has 0 aliphatic heterocycles. The molecule has 0 saturated heterocycles. The first kappa shape index (κ1) is 26.6. The first-order valence-corrected chi connectivity index (χ1v) is 12.5. The van der Waals surface area contributed by atoms with Gasteiger partial charge in [0.15, 0.2) is 0 Å². The van der Waals surface area contributed by atoms with Crippen molar-refractivity contribution < 1.29 is 18.0 Å². The molecule has 1 atom stereocenters. The van der Waals surface area contributed by atoms with Crippen molar-refractivity contribution in [3.63, 3.8) is 0 Å². The molecule has 0 saturated carbocycles. The van der Waals surface area contributed by atoms with Gasteiger partial charge in [-0.2, -0.15) is 12.7 Å². The van der Waals surface area contributed by atoms with Crippen LogP contribution in [0.15, 0.2) is 54.6 Å². The van der Waals surface area contributed by atoms with Crippen LogP contribution in [-0.4, -0.2) is 62.7 Å². The number of para-hydroxylation sites is 1. The summed E-state index contributed by atoms with van der Waals surface area (Å²) in [4.78, 5) is 27.8. The van der Waals surface area contributed by atoms with E-state index in [1.54, 1.807) is 68.4 Å². The van der Waals surface area contributed by atoms with E-state index in [0.29, 0.717) is 29.2 Å². The largest absolute Gasteiger partial charge is 0.355 e. The number of hydrogen-bond acceptors (Lipinski definition) is 4. The smallest absolute Gasteiger partial charge is 0.304 e. The van der Waals surface area contributed by atoms with Crippen LogP contribution in [0, 0.1) is 0 Å². The normalized spacial score (nSPS) is 12.3. The maximum Gasteiger partial charge on any atom is 0.304 e. The summed E-state index contributed by atoms with van der Waals surface area (Å²) < 4.78 is 28.2. The Bertz CT molecular complexity index is 1050. The van der Waals surface area contributed by atoms with Crippen molar-refractivity contribution in [2.45, 2.75) is 32.9 Å². The number of halogens is 1. The number of nitrogens with one attached hydrogen (secondary N) is 1. The summed E-state index contributed by atoms with van der Waals surface area (Å²) in [5.74, 6) is -0.815. The topological polar surface area (TPSA) is 90.0 Å². The number of carbonyl (C=O) groups is 2. The van der Waals surface area contributed by atoms with Crippen molar-refractivity contribution >= 4 is 39.3 Å². The molecule has 0 spiro atoms. The zero-order valence-electron chi connectivity index (χ0n) is 19.4. The fraction of sp³-hybridized carbons (Fsp3) is 0.391. The van der Waals surface area contributed by atoms with E-state index in [9.17, 15) is 18.0 Å². The van der Waals surface area contributed by atoms with Crippen molar-refractivity contribution in [1.29, 1.82) is 0 Å². The Morgan fingerprint density at radius 2 is 1.61 bits per heavy atom. The van der Waals surface area contributed by atoms with Gasteiger partial charge in [-0.3, -0.25) is 9.59 Å². The highest BCUT2D eigenvalue weighted by atomic mass is 35.5. The second-order valence-electron chi connectivity index (χ2n) is 7.56. The third-order valence-electron chi connectivity index (χ3n) is 5.10. The van der Waals surface area contributed by atoms with Crippen LogP contribution in [-0.2, 0) is 26.3 Å². The van der Waals surface area contributed by atoms with Crippen molar-refractivity contribution in [3.05, 3.63) is 65.2 Å². The molecule has 1 N–H and O–H groups in total. The molecule has 0 aliphatic carbocycles. The summed E-state index contributed by atoms with van der Waals surface area (Å²) in [5, 5.41) is 3.22. The van der Waals surface area contributed by atoms with Gasteiger partial charge in [0.25, 0.3) is 0 Å². The van der Waals surface area contributed by atoms with E-state index in [1.807, 2.05) is 0 Å². The summed E-state index contributed by atoms with van der Waals surface area (Å²) in [6.45, 7) is 3.61. The van der Waals surface area contributed by atoms with Gasteiger partial charge >= 0.3 is 10.2 Å². The molecule has 33 heavy (non-hydrogen) atoms. The van der Waals surface area contributed by atoms with E-state index in [-0.39, 0.29) is 12.5 Å². The minimum Gasteiger partial charge on any atom is -0.355 e. The molecule has 2 amide bonds. The number of hydrogen-bond donors (Lipinski definition) is 1. The third-order valence-corrected chi connectivity index (χ3v) is 7.29. The van der Waals surface area contributed by atoms with Crippen LogP contribution >= 0.6 is 11.6 Å². The molecular weight excluding hydrogens is 464 g/mol. The number of likely N-dealkylation sites (N-methyl/N-ethyl adjacent to an activating group) is 1. The van der Waals surface area contributed by atoms with E-state index in [2.05, 4.69) is 5.32 Å². The SMILES string of the molecule is CCNC(=O)C(CC)N(Cc1ccccc1Cl)C(=O)CN(c1ccccc1)S(=O)(=O)N(C)C. The van der Waals surface area contributed by atoms with Crippen LogP contribution in [0.1, 0.15) is 25.8 Å². The number of rotatable bonds is 11. The van der Waals surface area contributed by atoms with E-state index >= 15 is 0 Å². The minimum absolute atomic E-state index is 0.0682. The average molecular weight is 495 g/mol. The van der Waals surface area contributed by atoms with Gasteiger partial charge in [-0.15, -0.1) is 0 Å². The van der Waals surface area contributed by atoms with Crippen molar-refractivity contribution in [2.75, 3.05) is 31.5 Å². The van der Waals surface area contributed by atoms with Crippen LogP contribution in [0.4, 0.5) is 5.69 Å². The second-order valence-corrected chi connectivity index (χ2v) is 10.0. The van der Waals surface area contributed by atoms with Gasteiger partial charge in [-0.05, 0) is 37.1 Å². The van der Waals surface area contributed by atoms with Crippen molar-refractivity contribution in [1.82, 2.24) is 14.5 Å². The van der Waals surface area contributed by atoms with Crippen LogP contribution in [0.5, 0.6) is 0 Å². The molecule has 0 bridgehead atoms. The van der Waals surface area contributed by atoms with Gasteiger partial charge in [-0.1, -0.05) is 54.9 Å². The number of anilines is 1. The first-order valence-electron chi connectivity index (χ1n) is 10.7. The molecule has 180 valence electrons. The Kier molecular flexibility index (Phi) is 9.70. The van der Waals surface area contributed by atoms with E-state index in [4.69, 9.17) is 11.6 Å². The highest BCUT2D eigenvalue weighted by molar-refractivity contribution is 7.90. The van der Waals surface area contributed by atoms with Gasteiger partial charge in [0.05, 0.1) is 5.69 Å². The molecule has 0 fully saturated rings. The highest BCUT2D eigenvalue weighted by Crippen LogP contribution is 2.23. The molecule has 1 unspecified atom stereocenters. The molecule has 8 nitrogen and oxygen atoms in total. The lowest BCUT2D eigenvalue weighted by Gasteiger charge is -2.34. The van der Waals surface area contributed by atoms with E-state index in [1.165, 1.54) is 19.0 Å². The summed E-state index contributed by atoms with van der Waals surface area (Å²) in [7, 11) is -1.16. The lowest BCUT2D eigenvalue weighted by atomic mass is 10.1. The van der Waals surface area contributed by atoms with E-state index < -0.39 is 28.7 Å². The quantitative estimate of drug-likeness (QED) is 0.520. The zero-order valence-corrected chi connectivity index (χ0v) is 20.9. The van der Waals surface area contributed by atoms with Gasteiger partial charge in [0.2, 0.25) is 11.8 Å². The standard InChI is InChI=1S/C23H31ClN4O4S/c1-5-21(23(30)25-6-2)27(16-18-12-10-11-15-20(18)24)22(29)17-28(33(31,32)26(3)4)19-13-8-7-9-14-19/h7-15,21H,5-6,16-17H2,1-4H3,(H,25,30). The Labute approximate surface area is 201 Å². The number of nitrogens with zero attached hydrogens (tertiary/aromatic N) is 3. The monoisotopic (exact) mass is 494 g/mol. The molecule has 0 radical (unpaired) electrons. The minimum atomic E-state index is -3.97. The molecule has 0 aliphatic rings. The number of amides is 2. The fourth-order valence-corrected chi connectivity index (χ4v) is 4.58. The van der Waals surface area contributed by atoms with E-state index in [0.717, 1.165) is 8.61 Å². The molecule has 2 aromatic carbocycles. The van der Waals surface area contributed by atoms with Crippen LogP contribution in [0.25, 0.3) is 0 Å². The van der Waals surface area contributed by atoms with Crippen molar-refractivity contribution in [3.8, 4) is 0 Å². The summed E-state index contributed by atoms with van der Waals surface area (Å²) in [5.41, 5.74) is 1.01. The van der Waals surface area contributed by atoms with Crippen LogP contribution in [0.2, 0.25) is 5.02 Å². The number of carbonyl (C=O) groups excluding carboxylic acids is 2. The summed E-state index contributed by atoms with van der Waals surface area (Å²) in [6.07, 6.45) is 0.355. The Hall–Kier alpha value is -2.62. The molecule has 0 heterocycles. The highest BCUT2D eigenvalue weighted by Gasteiger charge is 2.33. The summed E-state index contributed by atoms with van der Waals surface area (Å²) >= 11 is 6.33. The van der Waals surface area contributed by atoms with Gasteiger partial charge < -0.3 is 10.2 Å². The van der Waals surface area contributed by atoms with Crippen LogP contribution in [0.3, 0.4) is 0 Å². The molecule has 2 rings (SSSR count). The average Bonchev–Trinajstić information content (AvgIpc) is 2.79. The number of benzene rings is 2. The second kappa shape index (κ2) is 12.0. The van der Waals surface area contributed by atoms with Gasteiger partial charge in [0, 0.05) is 32.2 Å². The molecule has 0 aromatic heterocycles. The maximum atomic E-state index is 13.6. The lowest BCUT2D eigenvalue weighted by Crippen LogP contribution is -2.53. The first-order chi connectivity index (χ1) is 15.6. The molecule has 10 heteroatoms. The Balaban J connectivity index is 2.48.